The molecule has 1 aliphatic rings. The maximum atomic E-state index is 11.8. The smallest absolute Gasteiger partial charge is 0.245 e. The van der Waals surface area contributed by atoms with Crippen LogP contribution in [-0.4, -0.2) is 69.8 Å². The van der Waals surface area contributed by atoms with E-state index in [0.717, 1.165) is 31.9 Å². The second kappa shape index (κ2) is 6.84. The van der Waals surface area contributed by atoms with Crippen LogP contribution in [0.5, 0.6) is 0 Å². The van der Waals surface area contributed by atoms with Gasteiger partial charge in [0.1, 0.15) is 0 Å². The number of aromatic nitrogens is 4. The van der Waals surface area contributed by atoms with E-state index in [9.17, 15) is 4.79 Å². The molecule has 2 heterocycles. The second-order valence-electron chi connectivity index (χ2n) is 5.96. The standard InChI is InChI=1S/C13H25N7O/c1-10(2)14-12(21)9-18(3)11-5-7-20(8-6-11)13-15-16-17-19(13)4/h10-11H,5-9H2,1-4H3,(H,14,21). The summed E-state index contributed by atoms with van der Waals surface area (Å²) in [6.45, 7) is 6.23. The molecule has 0 bridgehead atoms. The molecule has 0 atom stereocenters. The van der Waals surface area contributed by atoms with E-state index in [0.29, 0.717) is 12.6 Å². The molecule has 0 spiro atoms. The Balaban J connectivity index is 1.81. The minimum absolute atomic E-state index is 0.0902. The number of hydrogen-bond acceptors (Lipinski definition) is 6. The summed E-state index contributed by atoms with van der Waals surface area (Å²) in [5, 5.41) is 14.5. The molecule has 1 amide bonds. The first kappa shape index (κ1) is 15.7. The molecule has 2 rings (SSSR count). The van der Waals surface area contributed by atoms with Crippen molar-refractivity contribution in [2.45, 2.75) is 38.8 Å². The Morgan fingerprint density at radius 3 is 2.62 bits per heavy atom. The molecular weight excluding hydrogens is 270 g/mol. The number of rotatable bonds is 5. The normalized spacial score (nSPS) is 16.8. The van der Waals surface area contributed by atoms with Crippen LogP contribution in [0, 0.1) is 0 Å². The van der Waals surface area contributed by atoms with Crippen LogP contribution in [0.2, 0.25) is 0 Å². The van der Waals surface area contributed by atoms with Gasteiger partial charge in [0.05, 0.1) is 6.54 Å². The Bertz CT molecular complexity index is 465. The summed E-state index contributed by atoms with van der Waals surface area (Å²) < 4.78 is 1.69. The highest BCUT2D eigenvalue weighted by atomic mass is 16.2. The van der Waals surface area contributed by atoms with Crippen LogP contribution in [0.25, 0.3) is 0 Å². The van der Waals surface area contributed by atoms with Crippen molar-refractivity contribution in [3.05, 3.63) is 0 Å². The number of nitrogens with one attached hydrogen (secondary N) is 1. The molecule has 0 aliphatic carbocycles. The zero-order chi connectivity index (χ0) is 15.4. The molecule has 1 aromatic heterocycles. The highest BCUT2D eigenvalue weighted by Gasteiger charge is 2.25. The molecule has 0 radical (unpaired) electrons. The molecule has 1 fully saturated rings. The van der Waals surface area contributed by atoms with E-state index in [1.165, 1.54) is 0 Å². The molecule has 0 unspecified atom stereocenters. The highest BCUT2D eigenvalue weighted by Crippen LogP contribution is 2.19. The number of likely N-dealkylation sites (N-methyl/N-ethyl adjacent to an activating group) is 1. The fraction of sp³-hybridized carbons (Fsp3) is 0.846. The lowest BCUT2D eigenvalue weighted by Crippen LogP contribution is -2.47. The maximum absolute atomic E-state index is 11.8. The minimum atomic E-state index is 0.0902. The fourth-order valence-corrected chi connectivity index (χ4v) is 2.72. The van der Waals surface area contributed by atoms with Gasteiger partial charge in [-0.1, -0.05) is 5.10 Å². The molecule has 118 valence electrons. The molecule has 8 nitrogen and oxygen atoms in total. The van der Waals surface area contributed by atoms with Crippen LogP contribution in [0.4, 0.5) is 5.95 Å². The highest BCUT2D eigenvalue weighted by molar-refractivity contribution is 5.78. The second-order valence-corrected chi connectivity index (χ2v) is 5.96. The monoisotopic (exact) mass is 295 g/mol. The quantitative estimate of drug-likeness (QED) is 0.799. The van der Waals surface area contributed by atoms with Crippen molar-refractivity contribution in [2.75, 3.05) is 31.6 Å². The van der Waals surface area contributed by atoms with Crippen molar-refractivity contribution in [2.24, 2.45) is 7.05 Å². The van der Waals surface area contributed by atoms with E-state index < -0.39 is 0 Å². The van der Waals surface area contributed by atoms with Gasteiger partial charge in [-0.05, 0) is 44.2 Å². The zero-order valence-corrected chi connectivity index (χ0v) is 13.3. The lowest BCUT2D eigenvalue weighted by atomic mass is 10.0. The van der Waals surface area contributed by atoms with Gasteiger partial charge in [-0.3, -0.25) is 9.69 Å². The van der Waals surface area contributed by atoms with Crippen LogP contribution < -0.4 is 10.2 Å². The lowest BCUT2D eigenvalue weighted by Gasteiger charge is -2.36. The molecule has 21 heavy (non-hydrogen) atoms. The lowest BCUT2D eigenvalue weighted by molar-refractivity contribution is -0.123. The first-order valence-electron chi connectivity index (χ1n) is 7.44. The van der Waals surface area contributed by atoms with Gasteiger partial charge in [0.25, 0.3) is 0 Å². The molecule has 1 aromatic rings. The molecule has 8 heteroatoms. The van der Waals surface area contributed by atoms with E-state index in [-0.39, 0.29) is 11.9 Å². The summed E-state index contributed by atoms with van der Waals surface area (Å²) in [5.41, 5.74) is 0. The van der Waals surface area contributed by atoms with Gasteiger partial charge in [-0.2, -0.15) is 0 Å². The fourth-order valence-electron chi connectivity index (χ4n) is 2.72. The molecule has 1 N–H and O–H groups in total. The van der Waals surface area contributed by atoms with E-state index in [1.807, 2.05) is 27.9 Å². The summed E-state index contributed by atoms with van der Waals surface area (Å²) in [6.07, 6.45) is 2.02. The Kier molecular flexibility index (Phi) is 5.11. The summed E-state index contributed by atoms with van der Waals surface area (Å²) in [6, 6.07) is 0.622. The summed E-state index contributed by atoms with van der Waals surface area (Å²) in [7, 11) is 3.87. The predicted octanol–water partition coefficient (Wildman–Crippen LogP) is -0.365. The van der Waals surface area contributed by atoms with Gasteiger partial charge in [0.15, 0.2) is 0 Å². The van der Waals surface area contributed by atoms with Gasteiger partial charge in [-0.25, -0.2) is 4.68 Å². The van der Waals surface area contributed by atoms with Crippen LogP contribution in [0.3, 0.4) is 0 Å². The number of hydrogen-bond donors (Lipinski definition) is 1. The molecule has 1 aliphatic heterocycles. The van der Waals surface area contributed by atoms with Crippen molar-refractivity contribution < 1.29 is 4.79 Å². The van der Waals surface area contributed by atoms with Crippen molar-refractivity contribution in [3.8, 4) is 0 Å². The summed E-state index contributed by atoms with van der Waals surface area (Å²) >= 11 is 0. The number of amides is 1. The SMILES string of the molecule is CC(C)NC(=O)CN(C)C1CCN(c2nnnn2C)CC1. The molecular formula is C13H25N7O. The third kappa shape index (κ3) is 4.13. The first-order valence-corrected chi connectivity index (χ1v) is 7.44. The van der Waals surface area contributed by atoms with Gasteiger partial charge < -0.3 is 10.2 Å². The van der Waals surface area contributed by atoms with Crippen LogP contribution in [0.15, 0.2) is 0 Å². The molecule has 1 saturated heterocycles. The first-order chi connectivity index (χ1) is 9.97. The van der Waals surface area contributed by atoms with Crippen molar-refractivity contribution >= 4 is 11.9 Å². The number of tetrazole rings is 1. The van der Waals surface area contributed by atoms with Gasteiger partial charge in [0, 0.05) is 32.2 Å². The Labute approximate surface area is 125 Å². The Morgan fingerprint density at radius 2 is 2.10 bits per heavy atom. The largest absolute Gasteiger partial charge is 0.353 e. The third-order valence-corrected chi connectivity index (χ3v) is 3.81. The number of anilines is 1. The number of nitrogens with zero attached hydrogens (tertiary/aromatic N) is 6. The van der Waals surface area contributed by atoms with Gasteiger partial charge in [0.2, 0.25) is 11.9 Å². The minimum Gasteiger partial charge on any atom is -0.353 e. The zero-order valence-electron chi connectivity index (χ0n) is 13.3. The number of carbonyl (C=O) groups excluding carboxylic acids is 1. The number of carbonyl (C=O) groups is 1. The molecule has 0 aromatic carbocycles. The van der Waals surface area contributed by atoms with Crippen LogP contribution in [-0.2, 0) is 11.8 Å². The van der Waals surface area contributed by atoms with Crippen molar-refractivity contribution in [3.63, 3.8) is 0 Å². The Morgan fingerprint density at radius 1 is 1.43 bits per heavy atom. The van der Waals surface area contributed by atoms with E-state index in [1.54, 1.807) is 4.68 Å². The van der Waals surface area contributed by atoms with E-state index in [2.05, 4.69) is 30.6 Å². The Hall–Kier alpha value is -1.70. The van der Waals surface area contributed by atoms with Crippen LogP contribution in [0.1, 0.15) is 26.7 Å². The maximum Gasteiger partial charge on any atom is 0.245 e. The topological polar surface area (TPSA) is 79.2 Å². The predicted molar refractivity (Wildman–Crippen MR) is 79.9 cm³/mol. The average molecular weight is 295 g/mol. The average Bonchev–Trinajstić information content (AvgIpc) is 2.84. The third-order valence-electron chi connectivity index (χ3n) is 3.81. The molecule has 0 saturated carbocycles. The van der Waals surface area contributed by atoms with Crippen LogP contribution >= 0.6 is 0 Å². The number of piperidine rings is 1. The van der Waals surface area contributed by atoms with Gasteiger partial charge >= 0.3 is 0 Å². The summed E-state index contributed by atoms with van der Waals surface area (Å²) in [5.74, 6) is 0.904. The number of aryl methyl sites for hydroxylation is 1. The van der Waals surface area contributed by atoms with Crippen molar-refractivity contribution in [1.82, 2.24) is 30.4 Å². The van der Waals surface area contributed by atoms with Crippen molar-refractivity contribution in [1.29, 1.82) is 0 Å². The van der Waals surface area contributed by atoms with E-state index in [4.69, 9.17) is 0 Å². The van der Waals surface area contributed by atoms with E-state index >= 15 is 0 Å². The summed E-state index contributed by atoms with van der Waals surface area (Å²) in [4.78, 5) is 16.1. The van der Waals surface area contributed by atoms with Gasteiger partial charge in [-0.15, -0.1) is 0 Å².